The van der Waals surface area contributed by atoms with Gasteiger partial charge in [0.2, 0.25) is 0 Å². The van der Waals surface area contributed by atoms with E-state index in [1.54, 1.807) is 0 Å². The first-order chi connectivity index (χ1) is 35.1. The number of hydrogen-bond donors (Lipinski definition) is 5. The Labute approximate surface area is 431 Å². The number of aliphatic hydroxyl groups is 2. The molecule has 0 radical (unpaired) electrons. The van der Waals surface area contributed by atoms with Gasteiger partial charge < -0.3 is 44.7 Å². The Kier molecular flexibility index (Phi) is 32.2. The van der Waals surface area contributed by atoms with Crippen LogP contribution in [0.25, 0.3) is 0 Å². The lowest BCUT2D eigenvalue weighted by atomic mass is 10.1. The third-order valence-corrected chi connectivity index (χ3v) is 14.3. The van der Waals surface area contributed by atoms with Crippen molar-refractivity contribution in [3.8, 4) is 0 Å². The number of carbonyl (C=O) groups excluding carboxylic acids is 2. The number of anilines is 1. The van der Waals surface area contributed by atoms with E-state index < -0.39 is 83.7 Å². The standard InChI is InChI=1S/C52H83N3O16P2/c1-3-5-7-9-11-12-13-14-15-16-17-18-19-20-21-22-23-27-31-35-47(56)65-39-42(68-48(57)36-32-28-24-26-30-34-44-43(69-44)33-29-25-10-8-6-4-2)40-66-72(61,62)71-73(63,64)67-41-45-49(58)50(59)51(70-45)55-38-37-46(53)54-52(55)60/h11-12,14-15,17-18,20-21,23,25,27,29,37-38,42-45,49-51,58-59H,3-10,13,16,19,22,24,26,28,30-36,39-41H2,1-2H3,(H,61,62)(H,63,64)(H2,53,54,60)/b12-11-,15-14-,18-17-,21-20-,27-23-,29-25-/t42-,43?,44?,45-,49-,50-,51-/m1/s1. The summed E-state index contributed by atoms with van der Waals surface area (Å²) in [4.78, 5) is 62.0. The summed E-state index contributed by atoms with van der Waals surface area (Å²) in [7, 11) is -10.9. The van der Waals surface area contributed by atoms with Gasteiger partial charge in [0.05, 0.1) is 25.4 Å². The van der Waals surface area contributed by atoms with Crippen LogP contribution in [-0.2, 0) is 51.0 Å². The molecule has 3 heterocycles. The van der Waals surface area contributed by atoms with E-state index in [1.165, 1.54) is 44.6 Å². The minimum absolute atomic E-state index is 0.00618. The Balaban J connectivity index is 1.42. The lowest BCUT2D eigenvalue weighted by molar-refractivity contribution is -0.161. The summed E-state index contributed by atoms with van der Waals surface area (Å²) in [6.45, 7) is 2.00. The molecule has 73 heavy (non-hydrogen) atoms. The average Bonchev–Trinajstić information content (AvgIpc) is 4.04. The molecule has 6 N–H and O–H groups in total. The number of hydrogen-bond acceptors (Lipinski definition) is 16. The zero-order chi connectivity index (χ0) is 53.2. The number of aromatic nitrogens is 2. The summed E-state index contributed by atoms with van der Waals surface area (Å²) in [5, 5.41) is 20.9. The zero-order valence-electron chi connectivity index (χ0n) is 42.9. The second-order valence-corrected chi connectivity index (χ2v) is 21.1. The minimum atomic E-state index is -5.45. The quantitative estimate of drug-likeness (QED) is 0.0134. The topological polar surface area (TPSA) is 278 Å². The van der Waals surface area contributed by atoms with Crippen LogP contribution in [0.3, 0.4) is 0 Å². The minimum Gasteiger partial charge on any atom is -0.462 e. The Bertz CT molecular complexity index is 2080. The van der Waals surface area contributed by atoms with Crippen LogP contribution < -0.4 is 11.4 Å². The van der Waals surface area contributed by atoms with Crippen molar-refractivity contribution in [3.63, 3.8) is 0 Å². The number of phosphoric ester groups is 2. The van der Waals surface area contributed by atoms with Crippen molar-refractivity contribution < 1.29 is 71.0 Å². The molecule has 0 aliphatic carbocycles. The van der Waals surface area contributed by atoms with Gasteiger partial charge in [-0.3, -0.25) is 23.2 Å². The van der Waals surface area contributed by atoms with Crippen LogP contribution in [0.1, 0.15) is 161 Å². The molecule has 1 aromatic rings. The fourth-order valence-corrected chi connectivity index (χ4v) is 9.65. The fourth-order valence-electron chi connectivity index (χ4n) is 7.54. The number of aliphatic hydroxyl groups excluding tert-OH is 2. The zero-order valence-corrected chi connectivity index (χ0v) is 44.6. The Morgan fingerprint density at radius 1 is 0.685 bits per heavy atom. The van der Waals surface area contributed by atoms with Crippen molar-refractivity contribution in [3.05, 3.63) is 95.7 Å². The molecule has 0 amide bonds. The molecule has 0 spiro atoms. The highest BCUT2D eigenvalue weighted by Crippen LogP contribution is 2.60. The highest BCUT2D eigenvalue weighted by atomic mass is 31.3. The van der Waals surface area contributed by atoms with Crippen molar-refractivity contribution in [1.82, 2.24) is 9.55 Å². The molecule has 412 valence electrons. The van der Waals surface area contributed by atoms with Gasteiger partial charge in [-0.2, -0.15) is 9.29 Å². The molecular formula is C52H83N3O16P2. The van der Waals surface area contributed by atoms with E-state index in [0.717, 1.165) is 81.4 Å². The van der Waals surface area contributed by atoms with Gasteiger partial charge in [0, 0.05) is 19.0 Å². The van der Waals surface area contributed by atoms with Crippen molar-refractivity contribution in [1.29, 1.82) is 0 Å². The predicted octanol–water partition coefficient (Wildman–Crippen LogP) is 9.88. The van der Waals surface area contributed by atoms with Gasteiger partial charge in [-0.1, -0.05) is 138 Å². The highest BCUT2D eigenvalue weighted by Gasteiger charge is 2.46. The summed E-state index contributed by atoms with van der Waals surface area (Å²) >= 11 is 0. The van der Waals surface area contributed by atoms with Crippen LogP contribution in [0.2, 0.25) is 0 Å². The van der Waals surface area contributed by atoms with Crippen LogP contribution in [0.4, 0.5) is 5.82 Å². The smallest absolute Gasteiger partial charge is 0.462 e. The van der Waals surface area contributed by atoms with Crippen molar-refractivity contribution in [2.24, 2.45) is 0 Å². The van der Waals surface area contributed by atoms with E-state index in [0.29, 0.717) is 31.5 Å². The van der Waals surface area contributed by atoms with Gasteiger partial charge in [0.15, 0.2) is 12.3 Å². The molecule has 0 bridgehead atoms. The van der Waals surface area contributed by atoms with E-state index in [4.69, 9.17) is 33.7 Å². The summed E-state index contributed by atoms with van der Waals surface area (Å²) in [5.41, 5.74) is 4.58. The molecule has 2 fully saturated rings. The van der Waals surface area contributed by atoms with Gasteiger partial charge in [-0.25, -0.2) is 13.9 Å². The first-order valence-electron chi connectivity index (χ1n) is 26.1. The Morgan fingerprint density at radius 2 is 1.26 bits per heavy atom. The molecule has 4 unspecified atom stereocenters. The van der Waals surface area contributed by atoms with Crippen molar-refractivity contribution in [2.75, 3.05) is 25.6 Å². The van der Waals surface area contributed by atoms with Crippen LogP contribution >= 0.6 is 15.6 Å². The summed E-state index contributed by atoms with van der Waals surface area (Å²) < 4.78 is 62.5. The highest BCUT2D eigenvalue weighted by molar-refractivity contribution is 7.61. The Morgan fingerprint density at radius 3 is 1.89 bits per heavy atom. The van der Waals surface area contributed by atoms with Crippen LogP contribution in [-0.4, -0.2) is 97.9 Å². The van der Waals surface area contributed by atoms with Gasteiger partial charge in [0.25, 0.3) is 0 Å². The third kappa shape index (κ3) is 29.2. The molecule has 19 nitrogen and oxygen atoms in total. The predicted molar refractivity (Wildman–Crippen MR) is 279 cm³/mol. The van der Waals surface area contributed by atoms with Crippen LogP contribution in [0, 0.1) is 0 Å². The van der Waals surface area contributed by atoms with E-state index in [2.05, 4.69) is 77.8 Å². The molecule has 21 heteroatoms. The van der Waals surface area contributed by atoms with Crippen LogP contribution in [0.15, 0.2) is 90.0 Å². The van der Waals surface area contributed by atoms with Gasteiger partial charge >= 0.3 is 33.3 Å². The fraction of sp³-hybridized carbons (Fsp3) is 0.654. The lowest BCUT2D eigenvalue weighted by Gasteiger charge is -2.21. The summed E-state index contributed by atoms with van der Waals surface area (Å²) in [5.74, 6) is -1.43. The largest absolute Gasteiger partial charge is 0.481 e. The maximum atomic E-state index is 12.9. The van der Waals surface area contributed by atoms with Gasteiger partial charge in [0.1, 0.15) is 30.7 Å². The van der Waals surface area contributed by atoms with Crippen LogP contribution in [0.5, 0.6) is 0 Å². The number of nitrogens with zero attached hydrogens (tertiary/aromatic N) is 2. The summed E-state index contributed by atoms with van der Waals surface area (Å²) in [6, 6.07) is 1.24. The lowest BCUT2D eigenvalue weighted by Crippen LogP contribution is -2.36. The third-order valence-electron chi connectivity index (χ3n) is 11.7. The van der Waals surface area contributed by atoms with Crippen molar-refractivity contribution >= 4 is 33.4 Å². The average molecular weight is 1070 g/mol. The number of carbonyl (C=O) groups is 2. The number of rotatable bonds is 41. The van der Waals surface area contributed by atoms with Gasteiger partial charge in [-0.05, 0) is 83.1 Å². The number of epoxide rings is 1. The van der Waals surface area contributed by atoms with Gasteiger partial charge in [-0.15, -0.1) is 0 Å². The molecule has 2 aliphatic heterocycles. The Hall–Kier alpha value is -3.84. The second-order valence-electron chi connectivity index (χ2n) is 18.1. The number of nitrogen functional groups attached to an aromatic ring is 1. The molecule has 2 saturated heterocycles. The number of phosphoric acid groups is 2. The number of unbranched alkanes of at least 4 members (excludes halogenated alkanes) is 10. The molecule has 3 rings (SSSR count). The molecule has 1 aromatic heterocycles. The van der Waals surface area contributed by atoms with E-state index in [1.807, 2.05) is 18.2 Å². The maximum Gasteiger partial charge on any atom is 0.481 e. The number of nitrogens with two attached hydrogens (primary N) is 1. The number of ether oxygens (including phenoxy) is 4. The maximum absolute atomic E-state index is 12.9. The normalized spacial score (nSPS) is 22.3. The summed E-state index contributed by atoms with van der Waals surface area (Å²) in [6.07, 6.45) is 38.7. The van der Waals surface area contributed by atoms with E-state index >= 15 is 0 Å². The number of esters is 2. The first-order valence-corrected chi connectivity index (χ1v) is 29.1. The molecule has 0 aromatic carbocycles. The van der Waals surface area contributed by atoms with Crippen molar-refractivity contribution in [2.45, 2.75) is 198 Å². The number of allylic oxidation sites excluding steroid dienone is 11. The molecule has 9 atom stereocenters. The SMILES string of the molecule is CCCCC/C=C\C/C=C\C/C=C\C/C=C\C/C=C\CCC(=O)OC[C@H](COP(=O)(O)OP(=O)(O)OC[C@H]1O[C@@H](n2ccc(N)nc2=O)[C@H](O)[C@@H]1O)OC(=O)CCCCCCCC1OC1C/C=C\CCCCC. The second kappa shape index (κ2) is 37.0. The van der Waals surface area contributed by atoms with E-state index in [-0.39, 0.29) is 18.7 Å². The van der Waals surface area contributed by atoms with E-state index in [9.17, 15) is 43.5 Å². The molecule has 2 aliphatic rings. The first kappa shape index (κ1) is 63.5. The molecular weight excluding hydrogens is 985 g/mol. The molecule has 0 saturated carbocycles. The monoisotopic (exact) mass is 1070 g/mol.